The van der Waals surface area contributed by atoms with Crippen LogP contribution in [-0.2, 0) is 0 Å². The third kappa shape index (κ3) is 2.45. The zero-order chi connectivity index (χ0) is 15.0. The van der Waals surface area contributed by atoms with E-state index < -0.39 is 11.6 Å². The van der Waals surface area contributed by atoms with E-state index in [0.29, 0.717) is 11.5 Å². The number of pyridine rings is 1. The van der Waals surface area contributed by atoms with Gasteiger partial charge in [0.05, 0.1) is 0 Å². The molecule has 0 saturated heterocycles. The first-order chi connectivity index (χ1) is 10.1. The van der Waals surface area contributed by atoms with Crippen LogP contribution in [0.5, 0.6) is 0 Å². The molecule has 0 amide bonds. The van der Waals surface area contributed by atoms with Crippen molar-refractivity contribution >= 4 is 0 Å². The number of rotatable bonds is 1. The van der Waals surface area contributed by atoms with Gasteiger partial charge in [-0.1, -0.05) is 32.0 Å². The van der Waals surface area contributed by atoms with E-state index in [1.165, 1.54) is 6.07 Å². The van der Waals surface area contributed by atoms with Crippen LogP contribution >= 0.6 is 0 Å². The second-order valence-electron chi connectivity index (χ2n) is 5.99. The zero-order valence-corrected chi connectivity index (χ0v) is 12.3. The highest BCUT2D eigenvalue weighted by Gasteiger charge is 2.31. The summed E-state index contributed by atoms with van der Waals surface area (Å²) in [5.41, 5.74) is 2.76. The van der Waals surface area contributed by atoms with Crippen LogP contribution in [0.1, 0.15) is 61.3 Å². The fourth-order valence-corrected chi connectivity index (χ4v) is 3.49. The van der Waals surface area contributed by atoms with Crippen LogP contribution in [0, 0.1) is 11.6 Å². The molecule has 3 rings (SSSR count). The largest absolute Gasteiger partial charge is 0.261 e. The third-order valence-electron chi connectivity index (χ3n) is 4.72. The Kier molecular flexibility index (Phi) is 3.75. The normalized spacial score (nSPS) is 25.2. The lowest BCUT2D eigenvalue weighted by Crippen LogP contribution is -2.10. The van der Waals surface area contributed by atoms with Gasteiger partial charge in [-0.05, 0) is 53.9 Å². The van der Waals surface area contributed by atoms with Crippen molar-refractivity contribution in [1.29, 1.82) is 0 Å². The molecule has 0 bridgehead atoms. The van der Waals surface area contributed by atoms with Gasteiger partial charge in [0.25, 0.3) is 0 Å². The summed E-state index contributed by atoms with van der Waals surface area (Å²) in [6, 6.07) is 8.48. The number of benzene rings is 1. The molecule has 3 atom stereocenters. The Morgan fingerprint density at radius 1 is 1.00 bits per heavy atom. The van der Waals surface area contributed by atoms with E-state index in [1.54, 1.807) is 12.1 Å². The summed E-state index contributed by atoms with van der Waals surface area (Å²) >= 11 is 0. The minimum atomic E-state index is -0.761. The maximum Gasteiger partial charge on any atom is 0.162 e. The van der Waals surface area contributed by atoms with E-state index >= 15 is 0 Å². The molecular weight excluding hydrogens is 268 g/mol. The number of halogens is 2. The molecule has 0 aliphatic heterocycles. The van der Waals surface area contributed by atoms with Crippen LogP contribution in [0.15, 0.2) is 36.5 Å². The molecule has 1 aliphatic carbocycles. The van der Waals surface area contributed by atoms with Crippen LogP contribution in [-0.4, -0.2) is 4.98 Å². The predicted molar refractivity (Wildman–Crippen MR) is 79.4 cm³/mol. The van der Waals surface area contributed by atoms with Gasteiger partial charge in [0.1, 0.15) is 0 Å². The molecule has 1 nitrogen and oxygen atoms in total. The van der Waals surface area contributed by atoms with Crippen molar-refractivity contribution in [3.8, 4) is 0 Å². The van der Waals surface area contributed by atoms with Gasteiger partial charge in [-0.25, -0.2) is 8.78 Å². The van der Waals surface area contributed by atoms with Crippen LogP contribution in [0.3, 0.4) is 0 Å². The van der Waals surface area contributed by atoms with Gasteiger partial charge in [-0.15, -0.1) is 0 Å². The molecule has 0 spiro atoms. The summed E-state index contributed by atoms with van der Waals surface area (Å²) in [4.78, 5) is 4.51. The maximum absolute atomic E-state index is 14.2. The molecule has 1 aliphatic rings. The average molecular weight is 287 g/mol. The highest BCUT2D eigenvalue weighted by atomic mass is 19.2. The fraction of sp³-hybridized carbons (Fsp3) is 0.389. The molecule has 0 saturated carbocycles. The Labute approximate surface area is 124 Å². The second-order valence-corrected chi connectivity index (χ2v) is 5.99. The lowest BCUT2D eigenvalue weighted by atomic mass is 9.81. The summed E-state index contributed by atoms with van der Waals surface area (Å²) in [6.07, 6.45) is 3.60. The van der Waals surface area contributed by atoms with Crippen molar-refractivity contribution < 1.29 is 8.78 Å². The summed E-state index contributed by atoms with van der Waals surface area (Å²) in [7, 11) is 0. The average Bonchev–Trinajstić information content (AvgIpc) is 2.62. The molecule has 1 aromatic carbocycles. The Morgan fingerprint density at radius 2 is 1.76 bits per heavy atom. The van der Waals surface area contributed by atoms with Crippen molar-refractivity contribution in [3.05, 3.63) is 65.0 Å². The van der Waals surface area contributed by atoms with E-state index in [1.807, 2.05) is 12.3 Å². The van der Waals surface area contributed by atoms with Crippen molar-refractivity contribution in [3.63, 3.8) is 0 Å². The topological polar surface area (TPSA) is 12.9 Å². The van der Waals surface area contributed by atoms with Crippen molar-refractivity contribution in [2.24, 2.45) is 0 Å². The molecule has 0 fully saturated rings. The number of fused-ring (bicyclic) bond motifs is 1. The molecule has 21 heavy (non-hydrogen) atoms. The molecule has 1 heterocycles. The zero-order valence-electron chi connectivity index (χ0n) is 12.3. The Bertz CT molecular complexity index is 653. The lowest BCUT2D eigenvalue weighted by Gasteiger charge is -2.23. The fourth-order valence-electron chi connectivity index (χ4n) is 3.49. The SMILES string of the molecule is C[C@@H]1CC[C@@H](c2cccc(F)c2F)[C@H](C)c2cccnc21. The predicted octanol–water partition coefficient (Wildman–Crippen LogP) is 5.14. The van der Waals surface area contributed by atoms with Gasteiger partial charge in [0.2, 0.25) is 0 Å². The molecule has 3 heteroatoms. The first kappa shape index (κ1) is 14.2. The Balaban J connectivity index is 2.07. The van der Waals surface area contributed by atoms with E-state index in [-0.39, 0.29) is 11.8 Å². The number of aromatic nitrogens is 1. The minimum Gasteiger partial charge on any atom is -0.261 e. The molecule has 0 radical (unpaired) electrons. The van der Waals surface area contributed by atoms with Crippen molar-refractivity contribution in [2.45, 2.75) is 44.4 Å². The van der Waals surface area contributed by atoms with Crippen molar-refractivity contribution in [2.75, 3.05) is 0 Å². The highest BCUT2D eigenvalue weighted by Crippen LogP contribution is 2.44. The molecule has 0 N–H and O–H groups in total. The first-order valence-corrected chi connectivity index (χ1v) is 7.48. The van der Waals surface area contributed by atoms with Gasteiger partial charge in [0.15, 0.2) is 11.6 Å². The first-order valence-electron chi connectivity index (χ1n) is 7.48. The second kappa shape index (κ2) is 5.55. The van der Waals surface area contributed by atoms with Gasteiger partial charge in [-0.3, -0.25) is 4.98 Å². The highest BCUT2D eigenvalue weighted by molar-refractivity contribution is 5.34. The minimum absolute atomic E-state index is 0.00593. The van der Waals surface area contributed by atoms with Crippen LogP contribution in [0.4, 0.5) is 8.78 Å². The molecular formula is C18H19F2N. The van der Waals surface area contributed by atoms with Crippen molar-refractivity contribution in [1.82, 2.24) is 4.98 Å². The molecule has 0 unspecified atom stereocenters. The summed E-state index contributed by atoms with van der Waals surface area (Å²) in [5, 5.41) is 0. The van der Waals surface area contributed by atoms with Gasteiger partial charge < -0.3 is 0 Å². The molecule has 110 valence electrons. The number of hydrogen-bond acceptors (Lipinski definition) is 1. The Morgan fingerprint density at radius 3 is 2.57 bits per heavy atom. The smallest absolute Gasteiger partial charge is 0.162 e. The summed E-state index contributed by atoms with van der Waals surface area (Å²) in [5.74, 6) is -0.980. The van der Waals surface area contributed by atoms with Crippen LogP contribution in [0.2, 0.25) is 0 Å². The van der Waals surface area contributed by atoms with E-state index in [9.17, 15) is 8.78 Å². The quantitative estimate of drug-likeness (QED) is 0.661. The van der Waals surface area contributed by atoms with E-state index in [0.717, 1.165) is 24.1 Å². The number of hydrogen-bond donors (Lipinski definition) is 0. The van der Waals surface area contributed by atoms with E-state index in [4.69, 9.17) is 0 Å². The molecule has 2 aromatic rings. The van der Waals surface area contributed by atoms with Crippen LogP contribution in [0.25, 0.3) is 0 Å². The molecule has 1 aromatic heterocycles. The standard InChI is InChI=1S/C18H19F2N/c1-11-8-9-13(15-5-3-7-16(19)17(15)20)12(2)14-6-4-10-21-18(11)14/h3-7,10-13H,8-9H2,1-2H3/t11-,12+,13-/m1/s1. The van der Waals surface area contributed by atoms with E-state index in [2.05, 4.69) is 24.9 Å². The Hall–Kier alpha value is -1.77. The summed E-state index contributed by atoms with van der Waals surface area (Å²) < 4.78 is 27.7. The third-order valence-corrected chi connectivity index (χ3v) is 4.72. The van der Waals surface area contributed by atoms with Crippen LogP contribution < -0.4 is 0 Å². The van der Waals surface area contributed by atoms with Gasteiger partial charge in [0, 0.05) is 11.9 Å². The number of nitrogens with zero attached hydrogens (tertiary/aromatic N) is 1. The monoisotopic (exact) mass is 287 g/mol. The summed E-state index contributed by atoms with van der Waals surface area (Å²) in [6.45, 7) is 4.25. The maximum atomic E-state index is 14.2. The lowest BCUT2D eigenvalue weighted by molar-refractivity contribution is 0.456. The van der Waals surface area contributed by atoms with Gasteiger partial charge >= 0.3 is 0 Å². The van der Waals surface area contributed by atoms with Gasteiger partial charge in [-0.2, -0.15) is 0 Å².